The molecule has 3 aliphatic rings. The molecule has 1 unspecified atom stereocenters. The lowest BCUT2D eigenvalue weighted by Gasteiger charge is -2.34. The quantitative estimate of drug-likeness (QED) is 0.146. The zero-order valence-electron chi connectivity index (χ0n) is 49.8. The summed E-state index contributed by atoms with van der Waals surface area (Å²) in [5.41, 5.74) is 11.8. The number of imidazole rings is 1. The van der Waals surface area contributed by atoms with Gasteiger partial charge < -0.3 is 4.74 Å². The van der Waals surface area contributed by atoms with Crippen LogP contribution in [0.15, 0.2) is 127 Å². The second-order valence-corrected chi connectivity index (χ2v) is 19.8. The Kier molecular flexibility index (Phi) is 6.61. The van der Waals surface area contributed by atoms with Crippen LogP contribution in [-0.2, 0) is 11.3 Å². The summed E-state index contributed by atoms with van der Waals surface area (Å²) in [7, 11) is 0. The number of ether oxygens (including phenoxy) is 1. The predicted octanol–water partition coefficient (Wildman–Crippen LogP) is 14.9. The first-order valence-electron chi connectivity index (χ1n) is 27.9. The minimum Gasteiger partial charge on any atom is -0.392 e. The highest BCUT2D eigenvalue weighted by Crippen LogP contribution is 2.56. The van der Waals surface area contributed by atoms with E-state index < -0.39 is 71.4 Å². The van der Waals surface area contributed by atoms with Gasteiger partial charge in [-0.3, -0.25) is 0 Å². The summed E-state index contributed by atoms with van der Waals surface area (Å²) in [4.78, 5) is 0. The van der Waals surface area contributed by atoms with Crippen LogP contribution >= 0.6 is 0 Å². The summed E-state index contributed by atoms with van der Waals surface area (Å²) < 4.78 is 116. The minimum absolute atomic E-state index is 0.170. The molecule has 1 atom stereocenters. The Morgan fingerprint density at radius 3 is 2.09 bits per heavy atom. The van der Waals surface area contributed by atoms with Crippen molar-refractivity contribution in [2.45, 2.75) is 118 Å². The maximum atomic E-state index is 10.3. The molecule has 0 amide bonds. The number of aryl methyl sites for hydroxylation is 1. The highest BCUT2D eigenvalue weighted by molar-refractivity contribution is 5.98. The van der Waals surface area contributed by atoms with Crippen LogP contribution in [0, 0.1) is 6.92 Å². The van der Waals surface area contributed by atoms with Crippen LogP contribution < -0.4 is 13.9 Å². The molecule has 0 fully saturated rings. The van der Waals surface area contributed by atoms with E-state index in [4.69, 9.17) is 11.6 Å². The van der Waals surface area contributed by atoms with Crippen molar-refractivity contribution in [3.8, 4) is 67.5 Å². The Labute approximate surface area is 395 Å². The van der Waals surface area contributed by atoms with Gasteiger partial charge in [0.05, 0.1) is 15.2 Å². The fourth-order valence-electron chi connectivity index (χ4n) is 10.4. The Morgan fingerprint density at radius 1 is 0.688 bits per heavy atom. The summed E-state index contributed by atoms with van der Waals surface area (Å²) in [5, 5.41) is 0. The molecule has 0 radical (unpaired) electrons. The average molecular weight is 851 g/mol. The molecule has 0 saturated heterocycles. The van der Waals surface area contributed by atoms with Gasteiger partial charge >= 0.3 is 11.7 Å². The van der Waals surface area contributed by atoms with Crippen LogP contribution in [0.1, 0.15) is 154 Å². The van der Waals surface area contributed by atoms with Crippen LogP contribution in [0.25, 0.3) is 72.7 Å². The summed E-state index contributed by atoms with van der Waals surface area (Å²) >= 11 is 0. The first kappa shape index (κ1) is 30.0. The van der Waals surface area contributed by atoms with Gasteiger partial charge in [-0.15, -0.1) is 9.13 Å². The standard InChI is InChI=1S/C60H61N3O/c1-34(2)42-29-47(37(7)8)57-50(30-42)58-62(51-25-24-41(28-38(51)9)54-44(35(3)4)20-16-21-45(54)36(5)6)52-23-17-22-46-48-32-43(59(10,11)12)33-49-53-31-40(39-18-14-13-15-19-39)26-27-61(53)60(64-57,55(48)49)63(58)56(46)52/h13-37H,1-12H3/q+2/i13D,14D,15D,18D,19D,26D,27D,31D,34D,35D,37D. The van der Waals surface area contributed by atoms with Gasteiger partial charge in [-0.05, 0) is 134 Å². The number of fused-ring (bicyclic) bond motifs is 5. The third kappa shape index (κ3) is 5.60. The lowest BCUT2D eigenvalue weighted by atomic mass is 9.80. The van der Waals surface area contributed by atoms with Crippen molar-refractivity contribution in [3.63, 3.8) is 0 Å². The molecule has 4 nitrogen and oxygen atoms in total. The Bertz CT molecular complexity index is 3850. The van der Waals surface area contributed by atoms with E-state index in [1.54, 1.807) is 18.4 Å². The molecule has 2 aromatic heterocycles. The van der Waals surface area contributed by atoms with Gasteiger partial charge in [-0.25, -0.2) is 0 Å². The zero-order chi connectivity index (χ0) is 54.5. The van der Waals surface area contributed by atoms with Crippen molar-refractivity contribution in [2.75, 3.05) is 0 Å². The Morgan fingerprint density at radius 2 is 1.41 bits per heavy atom. The maximum absolute atomic E-state index is 10.3. The second-order valence-electron chi connectivity index (χ2n) is 19.8. The molecular formula is C60H61N3O+2. The van der Waals surface area contributed by atoms with Crippen LogP contribution in [-0.4, -0.2) is 4.57 Å². The Balaban J connectivity index is 1.35. The molecule has 0 saturated carbocycles. The number of para-hydroxylation sites is 1. The molecule has 5 heterocycles. The molecule has 6 aromatic carbocycles. The van der Waals surface area contributed by atoms with E-state index >= 15 is 0 Å². The van der Waals surface area contributed by atoms with Crippen molar-refractivity contribution < 1.29 is 28.9 Å². The normalized spacial score (nSPS) is 18.5. The van der Waals surface area contributed by atoms with Crippen molar-refractivity contribution in [1.82, 2.24) is 4.57 Å². The van der Waals surface area contributed by atoms with E-state index in [0.717, 1.165) is 61.2 Å². The van der Waals surface area contributed by atoms with Crippen molar-refractivity contribution in [2.24, 2.45) is 0 Å². The molecule has 1 spiro atoms. The van der Waals surface area contributed by atoms with E-state index in [1.807, 2.05) is 64.1 Å². The van der Waals surface area contributed by atoms with Crippen molar-refractivity contribution >= 4 is 11.0 Å². The molecule has 8 aromatic rings. The van der Waals surface area contributed by atoms with Gasteiger partial charge in [0.1, 0.15) is 18.2 Å². The summed E-state index contributed by atoms with van der Waals surface area (Å²) in [6.45, 7) is 23.7. The number of hydrogen-bond donors (Lipinski definition) is 0. The SMILES string of the molecule is [2H]c1c([2H])c([2H])c(-c2c([2H])c([2H])[n+]3c(c2[2H])-c2cc(C(C)(C)C)cc4c2C32Oc3c(cc(C([2H])(C)C)cc3C([2H])(C)C)-c3n(-c5ccc(-c6c(C(C)C)cccc6C([2H])(C)C)cc5C)c5cccc-4c5[n+]32)c([2H])c1[2H]. The van der Waals surface area contributed by atoms with Crippen molar-refractivity contribution in [1.29, 1.82) is 0 Å². The molecule has 11 rings (SSSR count). The van der Waals surface area contributed by atoms with E-state index in [2.05, 4.69) is 93.1 Å². The second kappa shape index (κ2) is 14.1. The zero-order valence-corrected chi connectivity index (χ0v) is 38.8. The highest BCUT2D eigenvalue weighted by Gasteiger charge is 2.69. The average Bonchev–Trinajstić information content (AvgIpc) is 4.07. The molecule has 4 heteroatoms. The maximum Gasteiger partial charge on any atom is 0.499 e. The van der Waals surface area contributed by atoms with Gasteiger partial charge in [0.25, 0.3) is 0 Å². The van der Waals surface area contributed by atoms with Gasteiger partial charge in [-0.1, -0.05) is 143 Å². The van der Waals surface area contributed by atoms with E-state index in [0.29, 0.717) is 39.4 Å². The van der Waals surface area contributed by atoms with Crippen LogP contribution in [0.4, 0.5) is 0 Å². The van der Waals surface area contributed by atoms with Crippen molar-refractivity contribution in [3.05, 3.63) is 166 Å². The number of nitrogens with zero attached hydrogens (tertiary/aromatic N) is 3. The number of pyridine rings is 1. The topological polar surface area (TPSA) is 21.9 Å². The van der Waals surface area contributed by atoms with E-state index in [-0.39, 0.29) is 28.8 Å². The number of aromatic nitrogens is 3. The van der Waals surface area contributed by atoms with Crippen LogP contribution in [0.2, 0.25) is 0 Å². The molecular weight excluding hydrogens is 779 g/mol. The molecule has 0 N–H and O–H groups in total. The molecule has 3 aliphatic heterocycles. The predicted molar refractivity (Wildman–Crippen MR) is 264 cm³/mol. The molecule has 64 heavy (non-hydrogen) atoms. The Hall–Kier alpha value is -6.26. The van der Waals surface area contributed by atoms with Gasteiger partial charge in [0.15, 0.2) is 23.0 Å². The summed E-state index contributed by atoms with van der Waals surface area (Å²) in [6, 6.07) is 22.9. The van der Waals surface area contributed by atoms with Crippen LogP contribution in [0.5, 0.6) is 5.75 Å². The van der Waals surface area contributed by atoms with Crippen LogP contribution in [0.3, 0.4) is 0 Å². The fourth-order valence-corrected chi connectivity index (χ4v) is 10.4. The molecule has 0 aliphatic carbocycles. The molecule has 320 valence electrons. The third-order valence-corrected chi connectivity index (χ3v) is 13.6. The first-order valence-corrected chi connectivity index (χ1v) is 22.4. The first-order chi connectivity index (χ1) is 34.8. The van der Waals surface area contributed by atoms with Gasteiger partial charge in [0, 0.05) is 27.3 Å². The highest BCUT2D eigenvalue weighted by atomic mass is 16.5. The number of rotatable bonds is 7. The third-order valence-electron chi connectivity index (χ3n) is 13.6. The van der Waals surface area contributed by atoms with E-state index in [1.165, 1.54) is 0 Å². The largest absolute Gasteiger partial charge is 0.499 e. The summed E-state index contributed by atoms with van der Waals surface area (Å²) in [6.07, 6.45) is -0.419. The lowest BCUT2D eigenvalue weighted by Crippen LogP contribution is -2.78. The minimum atomic E-state index is -1.88. The smallest absolute Gasteiger partial charge is 0.392 e. The van der Waals surface area contributed by atoms with Gasteiger partial charge in [0.2, 0.25) is 5.69 Å². The fraction of sp³-hybridized carbons (Fsp3) is 0.300. The summed E-state index contributed by atoms with van der Waals surface area (Å²) in [5.74, 6) is -4.07. The monoisotopic (exact) mass is 851 g/mol. The molecule has 0 bridgehead atoms. The van der Waals surface area contributed by atoms with E-state index in [9.17, 15) is 8.22 Å². The number of benzene rings is 6. The number of hydrogen-bond acceptors (Lipinski definition) is 1. The van der Waals surface area contributed by atoms with Gasteiger partial charge in [-0.2, -0.15) is 4.57 Å². The lowest BCUT2D eigenvalue weighted by molar-refractivity contribution is -0.997.